The molecule has 1 heterocycles. The number of carbonyl (C=O) groups excluding carboxylic acids is 3. The van der Waals surface area contributed by atoms with Crippen molar-refractivity contribution in [3.63, 3.8) is 0 Å². The minimum absolute atomic E-state index is 0.141. The van der Waals surface area contributed by atoms with E-state index in [-0.39, 0.29) is 24.4 Å². The van der Waals surface area contributed by atoms with Crippen molar-refractivity contribution in [1.29, 1.82) is 0 Å². The lowest BCUT2D eigenvalue weighted by atomic mass is 9.99. The van der Waals surface area contributed by atoms with E-state index in [2.05, 4.69) is 0 Å². The van der Waals surface area contributed by atoms with Crippen molar-refractivity contribution in [2.75, 3.05) is 20.6 Å². The summed E-state index contributed by atoms with van der Waals surface area (Å²) in [5.41, 5.74) is 7.60. The van der Waals surface area contributed by atoms with Crippen LogP contribution in [0.25, 0.3) is 0 Å². The largest absolute Gasteiger partial charge is 0.366 e. The van der Waals surface area contributed by atoms with Crippen LogP contribution in [0.2, 0.25) is 0 Å². The Balaban J connectivity index is 1.84. The first-order valence-corrected chi connectivity index (χ1v) is 8.39. The van der Waals surface area contributed by atoms with E-state index in [9.17, 15) is 14.4 Å². The van der Waals surface area contributed by atoms with Gasteiger partial charge in [-0.15, -0.1) is 0 Å². The molecule has 6 nitrogen and oxygen atoms in total. The summed E-state index contributed by atoms with van der Waals surface area (Å²) in [6, 6.07) is 13.8. The Morgan fingerprint density at radius 3 is 2.08 bits per heavy atom. The number of benzene rings is 2. The fourth-order valence-corrected chi connectivity index (χ4v) is 3.22. The maximum atomic E-state index is 12.6. The molecule has 0 bridgehead atoms. The number of nitrogens with two attached hydrogens (primary N) is 1. The number of imide groups is 1. The monoisotopic (exact) mass is 351 g/mol. The molecule has 2 aromatic rings. The zero-order chi connectivity index (χ0) is 18.8. The molecule has 0 saturated heterocycles. The van der Waals surface area contributed by atoms with Crippen LogP contribution in [0.4, 0.5) is 0 Å². The highest BCUT2D eigenvalue weighted by Crippen LogP contribution is 2.24. The van der Waals surface area contributed by atoms with Gasteiger partial charge < -0.3 is 10.6 Å². The van der Waals surface area contributed by atoms with Crippen LogP contribution in [0, 0.1) is 0 Å². The van der Waals surface area contributed by atoms with Crippen molar-refractivity contribution < 1.29 is 14.4 Å². The number of amides is 3. The number of hydrogen-bond donors (Lipinski definition) is 1. The first-order chi connectivity index (χ1) is 12.4. The molecule has 0 radical (unpaired) electrons. The average Bonchev–Trinajstić information content (AvgIpc) is 2.86. The minimum atomic E-state index is -0.487. The van der Waals surface area contributed by atoms with E-state index in [4.69, 9.17) is 5.73 Å². The van der Waals surface area contributed by atoms with Gasteiger partial charge in [0.25, 0.3) is 11.8 Å². The van der Waals surface area contributed by atoms with Crippen LogP contribution >= 0.6 is 0 Å². The molecule has 0 saturated carbocycles. The van der Waals surface area contributed by atoms with Crippen molar-refractivity contribution in [2.24, 2.45) is 5.73 Å². The fraction of sp³-hybridized carbons (Fsp3) is 0.250. The van der Waals surface area contributed by atoms with Gasteiger partial charge in [0.2, 0.25) is 5.91 Å². The van der Waals surface area contributed by atoms with Crippen LogP contribution in [-0.4, -0.2) is 54.2 Å². The Kier molecular flexibility index (Phi) is 4.86. The molecule has 1 aliphatic rings. The average molecular weight is 351 g/mol. The highest BCUT2D eigenvalue weighted by atomic mass is 16.2. The van der Waals surface area contributed by atoms with Crippen LogP contribution in [0.15, 0.2) is 48.5 Å². The van der Waals surface area contributed by atoms with E-state index >= 15 is 0 Å². The van der Waals surface area contributed by atoms with Crippen molar-refractivity contribution >= 4 is 17.7 Å². The predicted octanol–water partition coefficient (Wildman–Crippen LogP) is 1.55. The number of hydrogen-bond acceptors (Lipinski definition) is 4. The third-order valence-corrected chi connectivity index (χ3v) is 4.74. The lowest BCUT2D eigenvalue weighted by Gasteiger charge is -2.28. The Morgan fingerprint density at radius 2 is 1.54 bits per heavy atom. The Morgan fingerprint density at radius 1 is 1.00 bits per heavy atom. The molecular formula is C20H21N3O3. The van der Waals surface area contributed by atoms with E-state index < -0.39 is 5.91 Å². The molecule has 134 valence electrons. The van der Waals surface area contributed by atoms with Crippen LogP contribution in [0.1, 0.15) is 36.6 Å². The van der Waals surface area contributed by atoms with Gasteiger partial charge in [0, 0.05) is 18.2 Å². The van der Waals surface area contributed by atoms with Crippen LogP contribution in [0.3, 0.4) is 0 Å². The molecule has 0 aromatic heterocycles. The normalized spacial score (nSPS) is 14.7. The van der Waals surface area contributed by atoms with Crippen molar-refractivity contribution in [1.82, 2.24) is 9.80 Å². The second kappa shape index (κ2) is 7.09. The molecule has 3 rings (SSSR count). The molecule has 6 heteroatoms. The molecule has 2 N–H and O–H groups in total. The van der Waals surface area contributed by atoms with Gasteiger partial charge in [-0.2, -0.15) is 0 Å². The summed E-state index contributed by atoms with van der Waals surface area (Å²) in [5.74, 6) is -1.04. The van der Waals surface area contributed by atoms with E-state index in [1.54, 1.807) is 36.4 Å². The van der Waals surface area contributed by atoms with E-state index in [0.717, 1.165) is 5.56 Å². The molecule has 2 aromatic carbocycles. The molecule has 0 fully saturated rings. The zero-order valence-corrected chi connectivity index (χ0v) is 14.8. The Bertz CT molecular complexity index is 841. The third-order valence-electron chi connectivity index (χ3n) is 4.74. The Labute approximate surface area is 152 Å². The molecule has 1 aliphatic heterocycles. The Hall–Kier alpha value is -2.99. The second-order valence-corrected chi connectivity index (χ2v) is 6.61. The molecule has 26 heavy (non-hydrogen) atoms. The minimum Gasteiger partial charge on any atom is -0.366 e. The summed E-state index contributed by atoms with van der Waals surface area (Å²) in [5, 5.41) is 0. The molecule has 0 aliphatic carbocycles. The molecule has 1 atom stereocenters. The van der Waals surface area contributed by atoms with E-state index in [1.807, 2.05) is 31.1 Å². The maximum absolute atomic E-state index is 12.6. The molecule has 1 unspecified atom stereocenters. The standard InChI is InChI=1S/C20H21N3O3/c1-22(2)14(11-13-7-3-4-8-15(13)18(21)24)12-23-19(25)16-9-5-6-10-17(16)20(23)26/h3-10,14H,11-12H2,1-2H3,(H2,21,24). The summed E-state index contributed by atoms with van der Waals surface area (Å²) in [7, 11) is 3.77. The number of rotatable bonds is 6. The van der Waals surface area contributed by atoms with Crippen LogP contribution in [0.5, 0.6) is 0 Å². The second-order valence-electron chi connectivity index (χ2n) is 6.61. The highest BCUT2D eigenvalue weighted by Gasteiger charge is 2.36. The van der Waals surface area contributed by atoms with Gasteiger partial charge in [0.1, 0.15) is 0 Å². The van der Waals surface area contributed by atoms with Crippen LogP contribution < -0.4 is 5.73 Å². The van der Waals surface area contributed by atoms with Crippen molar-refractivity contribution in [3.05, 3.63) is 70.8 Å². The lowest BCUT2D eigenvalue weighted by molar-refractivity contribution is 0.0611. The first kappa shape index (κ1) is 17.8. The predicted molar refractivity (Wildman–Crippen MR) is 97.9 cm³/mol. The first-order valence-electron chi connectivity index (χ1n) is 8.39. The van der Waals surface area contributed by atoms with Gasteiger partial charge >= 0.3 is 0 Å². The van der Waals surface area contributed by atoms with E-state index in [0.29, 0.717) is 23.1 Å². The number of fused-ring (bicyclic) bond motifs is 1. The van der Waals surface area contributed by atoms with Crippen molar-refractivity contribution in [3.8, 4) is 0 Å². The smallest absolute Gasteiger partial charge is 0.261 e. The van der Waals surface area contributed by atoms with Gasteiger partial charge in [0.15, 0.2) is 0 Å². The topological polar surface area (TPSA) is 83.7 Å². The summed E-state index contributed by atoms with van der Waals surface area (Å²) < 4.78 is 0. The lowest BCUT2D eigenvalue weighted by Crippen LogP contribution is -2.44. The van der Waals surface area contributed by atoms with Gasteiger partial charge in [-0.05, 0) is 44.3 Å². The summed E-state index contributed by atoms with van der Waals surface area (Å²) in [6.45, 7) is 0.243. The summed E-state index contributed by atoms with van der Waals surface area (Å²) >= 11 is 0. The highest BCUT2D eigenvalue weighted by molar-refractivity contribution is 6.21. The van der Waals surface area contributed by atoms with Crippen molar-refractivity contribution in [2.45, 2.75) is 12.5 Å². The van der Waals surface area contributed by atoms with Gasteiger partial charge in [-0.25, -0.2) is 0 Å². The van der Waals surface area contributed by atoms with Gasteiger partial charge in [-0.3, -0.25) is 19.3 Å². The fourth-order valence-electron chi connectivity index (χ4n) is 3.22. The SMILES string of the molecule is CN(C)C(Cc1ccccc1C(N)=O)CN1C(=O)c2ccccc2C1=O. The zero-order valence-electron chi connectivity index (χ0n) is 14.8. The van der Waals surface area contributed by atoms with Gasteiger partial charge in [0.05, 0.1) is 11.1 Å². The van der Waals surface area contributed by atoms with E-state index in [1.165, 1.54) is 4.90 Å². The third kappa shape index (κ3) is 3.23. The number of nitrogens with zero attached hydrogens (tertiary/aromatic N) is 2. The maximum Gasteiger partial charge on any atom is 0.261 e. The summed E-state index contributed by atoms with van der Waals surface area (Å²) in [6.07, 6.45) is 0.500. The molecule has 0 spiro atoms. The number of likely N-dealkylation sites (N-methyl/N-ethyl adjacent to an activating group) is 1. The number of carbonyl (C=O) groups is 3. The number of primary amides is 1. The summed E-state index contributed by atoms with van der Waals surface area (Å²) in [4.78, 5) is 40.1. The molecular weight excluding hydrogens is 330 g/mol. The quantitative estimate of drug-likeness (QED) is 0.801. The van der Waals surface area contributed by atoms with Gasteiger partial charge in [-0.1, -0.05) is 30.3 Å². The molecule has 3 amide bonds. The van der Waals surface area contributed by atoms with Crippen LogP contribution in [-0.2, 0) is 6.42 Å².